The van der Waals surface area contributed by atoms with Crippen LogP contribution in [0.2, 0.25) is 0 Å². The molecule has 1 aromatic rings. The lowest BCUT2D eigenvalue weighted by Gasteiger charge is -2.10. The zero-order chi connectivity index (χ0) is 11.3. The van der Waals surface area contributed by atoms with Gasteiger partial charge in [0.2, 0.25) is 5.88 Å². The summed E-state index contributed by atoms with van der Waals surface area (Å²) in [6, 6.07) is 3.51. The second kappa shape index (κ2) is 5.63. The van der Waals surface area contributed by atoms with Gasteiger partial charge in [-0.2, -0.15) is 0 Å². The molecule has 0 saturated carbocycles. The summed E-state index contributed by atoms with van der Waals surface area (Å²) in [6.45, 7) is 1.44. The maximum Gasteiger partial charge on any atom is 0.213 e. The van der Waals surface area contributed by atoms with Crippen molar-refractivity contribution >= 4 is 17.2 Å². The van der Waals surface area contributed by atoms with E-state index in [1.165, 1.54) is 0 Å². The minimum absolute atomic E-state index is 0.356. The van der Waals surface area contributed by atoms with Crippen LogP contribution >= 0.6 is 12.2 Å². The maximum absolute atomic E-state index is 5.50. The van der Waals surface area contributed by atoms with Crippen molar-refractivity contribution in [1.29, 1.82) is 0 Å². The third kappa shape index (κ3) is 4.22. The Kier molecular flexibility index (Phi) is 4.45. The van der Waals surface area contributed by atoms with Crippen LogP contribution in [0.15, 0.2) is 18.3 Å². The molecule has 1 aromatic heterocycles. The minimum atomic E-state index is 0.356. The van der Waals surface area contributed by atoms with Crippen molar-refractivity contribution in [1.82, 2.24) is 9.88 Å². The largest absolute Gasteiger partial charge is 0.476 e. The minimum Gasteiger partial charge on any atom is -0.476 e. The summed E-state index contributed by atoms with van der Waals surface area (Å²) in [7, 11) is 3.98. The van der Waals surface area contributed by atoms with E-state index in [0.717, 1.165) is 12.1 Å². The van der Waals surface area contributed by atoms with Crippen molar-refractivity contribution in [2.24, 2.45) is 5.73 Å². The lowest BCUT2D eigenvalue weighted by molar-refractivity contribution is 0.254. The van der Waals surface area contributed by atoms with E-state index < -0.39 is 0 Å². The summed E-state index contributed by atoms with van der Waals surface area (Å²) < 4.78 is 5.44. The van der Waals surface area contributed by atoms with Gasteiger partial charge in [-0.3, -0.25) is 0 Å². The Morgan fingerprint density at radius 1 is 1.60 bits per heavy atom. The van der Waals surface area contributed by atoms with E-state index >= 15 is 0 Å². The Hall–Kier alpha value is -1.20. The fourth-order valence-corrected chi connectivity index (χ4v) is 1.10. The van der Waals surface area contributed by atoms with Gasteiger partial charge in [0.1, 0.15) is 11.6 Å². The number of thiocarbonyl (C=S) groups is 1. The standard InChI is InChI=1S/C10H15N3OS/c1-13(2)5-6-14-9-7-8(10(11)15)3-4-12-9/h3-4,7H,5-6H2,1-2H3,(H2,11,15). The zero-order valence-corrected chi connectivity index (χ0v) is 9.75. The summed E-state index contributed by atoms with van der Waals surface area (Å²) in [6.07, 6.45) is 1.64. The number of pyridine rings is 1. The molecule has 0 spiro atoms. The van der Waals surface area contributed by atoms with Gasteiger partial charge in [-0.1, -0.05) is 12.2 Å². The van der Waals surface area contributed by atoms with E-state index in [0.29, 0.717) is 17.5 Å². The van der Waals surface area contributed by atoms with E-state index in [-0.39, 0.29) is 0 Å². The summed E-state index contributed by atoms with van der Waals surface area (Å²) in [4.78, 5) is 6.46. The number of nitrogens with zero attached hydrogens (tertiary/aromatic N) is 2. The van der Waals surface area contributed by atoms with Crippen molar-refractivity contribution in [3.05, 3.63) is 23.9 Å². The van der Waals surface area contributed by atoms with Gasteiger partial charge in [0.15, 0.2) is 0 Å². The van der Waals surface area contributed by atoms with Crippen LogP contribution in [0.25, 0.3) is 0 Å². The molecule has 0 aliphatic rings. The first-order chi connectivity index (χ1) is 7.09. The second-order valence-electron chi connectivity index (χ2n) is 3.40. The van der Waals surface area contributed by atoms with Gasteiger partial charge < -0.3 is 15.4 Å². The Bertz CT molecular complexity index is 341. The predicted octanol–water partition coefficient (Wildman–Crippen LogP) is 0.656. The molecule has 82 valence electrons. The molecule has 1 heterocycles. The molecular weight excluding hydrogens is 210 g/mol. The average molecular weight is 225 g/mol. The molecule has 1 rings (SSSR count). The lowest BCUT2D eigenvalue weighted by atomic mass is 10.3. The number of hydrogen-bond acceptors (Lipinski definition) is 4. The molecule has 0 atom stereocenters. The normalized spacial score (nSPS) is 10.3. The first-order valence-corrected chi connectivity index (χ1v) is 5.04. The highest BCUT2D eigenvalue weighted by Gasteiger charge is 2.00. The monoisotopic (exact) mass is 225 g/mol. The van der Waals surface area contributed by atoms with Crippen molar-refractivity contribution in [2.45, 2.75) is 0 Å². The van der Waals surface area contributed by atoms with E-state index in [2.05, 4.69) is 4.98 Å². The van der Waals surface area contributed by atoms with Crippen molar-refractivity contribution in [3.63, 3.8) is 0 Å². The molecule has 4 nitrogen and oxygen atoms in total. The van der Waals surface area contributed by atoms with E-state index in [1.54, 1.807) is 18.3 Å². The molecule has 5 heteroatoms. The van der Waals surface area contributed by atoms with Crippen LogP contribution in [0, 0.1) is 0 Å². The van der Waals surface area contributed by atoms with Crippen LogP contribution in [0.3, 0.4) is 0 Å². The number of hydrogen-bond donors (Lipinski definition) is 1. The first kappa shape index (κ1) is 11.9. The summed E-state index contributed by atoms with van der Waals surface area (Å²) in [5.41, 5.74) is 6.28. The van der Waals surface area contributed by atoms with Gasteiger partial charge in [-0.15, -0.1) is 0 Å². The van der Waals surface area contributed by atoms with Crippen LogP contribution < -0.4 is 10.5 Å². The van der Waals surface area contributed by atoms with Crippen LogP contribution in [0.5, 0.6) is 5.88 Å². The average Bonchev–Trinajstić information content (AvgIpc) is 2.17. The number of ether oxygens (including phenoxy) is 1. The SMILES string of the molecule is CN(C)CCOc1cc(C(N)=S)ccn1. The summed E-state index contributed by atoms with van der Waals surface area (Å²) in [5, 5.41) is 0. The summed E-state index contributed by atoms with van der Waals surface area (Å²) in [5.74, 6) is 0.558. The van der Waals surface area contributed by atoms with Gasteiger partial charge in [-0.05, 0) is 20.2 Å². The number of rotatable bonds is 5. The zero-order valence-electron chi connectivity index (χ0n) is 8.93. The predicted molar refractivity (Wildman–Crippen MR) is 64.2 cm³/mol. The third-order valence-corrected chi connectivity index (χ3v) is 2.04. The highest BCUT2D eigenvalue weighted by atomic mass is 32.1. The van der Waals surface area contributed by atoms with Crippen LogP contribution in [-0.2, 0) is 0 Å². The molecule has 15 heavy (non-hydrogen) atoms. The number of likely N-dealkylation sites (N-methyl/N-ethyl adjacent to an activating group) is 1. The molecule has 0 aromatic carbocycles. The molecule has 2 N–H and O–H groups in total. The Balaban J connectivity index is 2.54. The van der Waals surface area contributed by atoms with Crippen LogP contribution in [0.1, 0.15) is 5.56 Å². The van der Waals surface area contributed by atoms with Gasteiger partial charge in [0.05, 0.1) is 0 Å². The van der Waals surface area contributed by atoms with Gasteiger partial charge in [-0.25, -0.2) is 4.98 Å². The smallest absolute Gasteiger partial charge is 0.213 e. The highest BCUT2D eigenvalue weighted by molar-refractivity contribution is 7.80. The van der Waals surface area contributed by atoms with Gasteiger partial charge >= 0.3 is 0 Å². The Morgan fingerprint density at radius 2 is 2.33 bits per heavy atom. The van der Waals surface area contributed by atoms with Crippen molar-refractivity contribution in [2.75, 3.05) is 27.2 Å². The Morgan fingerprint density at radius 3 is 2.93 bits per heavy atom. The van der Waals surface area contributed by atoms with Crippen LogP contribution in [-0.4, -0.2) is 42.1 Å². The lowest BCUT2D eigenvalue weighted by Crippen LogP contribution is -2.19. The molecule has 0 amide bonds. The second-order valence-corrected chi connectivity index (χ2v) is 3.84. The molecule has 0 fully saturated rings. The van der Waals surface area contributed by atoms with Crippen molar-refractivity contribution in [3.8, 4) is 5.88 Å². The van der Waals surface area contributed by atoms with Gasteiger partial charge in [0, 0.05) is 24.4 Å². The molecular formula is C10H15N3OS. The summed E-state index contributed by atoms with van der Waals surface area (Å²) >= 11 is 4.86. The fourth-order valence-electron chi connectivity index (χ4n) is 0.974. The van der Waals surface area contributed by atoms with E-state index in [4.69, 9.17) is 22.7 Å². The Labute approximate surface area is 95.0 Å². The quantitative estimate of drug-likeness (QED) is 0.746. The molecule has 0 radical (unpaired) electrons. The molecule has 0 unspecified atom stereocenters. The highest BCUT2D eigenvalue weighted by Crippen LogP contribution is 2.08. The first-order valence-electron chi connectivity index (χ1n) is 4.63. The maximum atomic E-state index is 5.50. The molecule has 0 saturated heterocycles. The fraction of sp³-hybridized carbons (Fsp3) is 0.400. The topological polar surface area (TPSA) is 51.4 Å². The van der Waals surface area contributed by atoms with E-state index in [9.17, 15) is 0 Å². The third-order valence-electron chi connectivity index (χ3n) is 1.81. The number of nitrogens with two attached hydrogens (primary N) is 1. The van der Waals surface area contributed by atoms with Crippen LogP contribution in [0.4, 0.5) is 0 Å². The molecule has 0 aliphatic heterocycles. The van der Waals surface area contributed by atoms with Gasteiger partial charge in [0.25, 0.3) is 0 Å². The number of aromatic nitrogens is 1. The van der Waals surface area contributed by atoms with Crippen molar-refractivity contribution < 1.29 is 4.74 Å². The molecule has 0 bridgehead atoms. The van der Waals surface area contributed by atoms with E-state index in [1.807, 2.05) is 19.0 Å². The molecule has 0 aliphatic carbocycles.